The van der Waals surface area contributed by atoms with E-state index in [0.29, 0.717) is 0 Å². The van der Waals surface area contributed by atoms with Crippen molar-refractivity contribution >= 4 is 77.5 Å². The average molecular weight is 782 g/mol. The van der Waals surface area contributed by atoms with Crippen molar-refractivity contribution in [2.24, 2.45) is 0 Å². The van der Waals surface area contributed by atoms with Crippen LogP contribution in [0.25, 0.3) is 60.2 Å². The minimum atomic E-state index is 1.10. The van der Waals surface area contributed by atoms with Gasteiger partial charge in [0.1, 0.15) is 0 Å². The average Bonchev–Trinajstić information content (AvgIpc) is 3.65. The summed E-state index contributed by atoms with van der Waals surface area (Å²) < 4.78 is 2.50. The first-order chi connectivity index (χ1) is 30.1. The summed E-state index contributed by atoms with van der Waals surface area (Å²) in [6.07, 6.45) is 0. The number of anilines is 6. The SMILES string of the molecule is Cc1cccc(N(c2ccccc2)c2cc3c(c4ccccc24)c2c4ccccc4c(N(c4ccccc4)c4cccc(C)c4)cc2n3-c2ccc(-c3ccccc3)cc2)c1. The maximum atomic E-state index is 2.50. The minimum absolute atomic E-state index is 1.10. The van der Waals surface area contributed by atoms with Crippen LogP contribution in [0.3, 0.4) is 0 Å². The van der Waals surface area contributed by atoms with Gasteiger partial charge < -0.3 is 14.4 Å². The molecule has 0 aliphatic rings. The molecule has 61 heavy (non-hydrogen) atoms. The van der Waals surface area contributed by atoms with Crippen molar-refractivity contribution in [3.05, 3.63) is 236 Å². The quantitative estimate of drug-likeness (QED) is 0.152. The van der Waals surface area contributed by atoms with Crippen LogP contribution in [0.15, 0.2) is 224 Å². The molecule has 11 aromatic rings. The first-order valence-electron chi connectivity index (χ1n) is 21.0. The van der Waals surface area contributed by atoms with E-state index in [0.717, 1.165) is 50.8 Å². The van der Waals surface area contributed by atoms with Gasteiger partial charge in [-0.05, 0) is 120 Å². The predicted molar refractivity (Wildman–Crippen MR) is 260 cm³/mol. The number of para-hydroxylation sites is 2. The van der Waals surface area contributed by atoms with Crippen molar-refractivity contribution in [3.8, 4) is 16.8 Å². The van der Waals surface area contributed by atoms with Gasteiger partial charge in [0.05, 0.1) is 22.4 Å². The molecule has 0 unspecified atom stereocenters. The Morgan fingerprint density at radius 1 is 0.311 bits per heavy atom. The van der Waals surface area contributed by atoms with Crippen LogP contribution >= 0.6 is 0 Å². The van der Waals surface area contributed by atoms with E-state index in [-0.39, 0.29) is 0 Å². The second kappa shape index (κ2) is 15.1. The number of hydrogen-bond acceptors (Lipinski definition) is 2. The van der Waals surface area contributed by atoms with Crippen LogP contribution in [-0.2, 0) is 0 Å². The lowest BCUT2D eigenvalue weighted by atomic mass is 9.96. The molecule has 0 atom stereocenters. The van der Waals surface area contributed by atoms with Gasteiger partial charge in [0.2, 0.25) is 0 Å². The molecule has 0 aliphatic carbocycles. The standard InChI is InChI=1S/C58H43N3/c1-40-18-16-26-47(36-40)59(44-22-8-4-9-23-44)53-38-55-57(51-30-14-12-28-49(51)53)58-52-31-15-13-29-50(52)54(60(45-24-10-5-11-25-45)48-27-17-19-41(2)37-48)39-56(58)61(55)46-34-32-43(33-35-46)42-20-6-3-7-21-42/h3-39H,1-2H3. The fourth-order valence-electron chi connectivity index (χ4n) is 9.32. The summed E-state index contributed by atoms with van der Waals surface area (Å²) in [5.74, 6) is 0. The molecule has 290 valence electrons. The molecule has 0 saturated carbocycles. The largest absolute Gasteiger partial charge is 0.310 e. The topological polar surface area (TPSA) is 11.4 Å². The van der Waals surface area contributed by atoms with Crippen LogP contribution < -0.4 is 9.80 Å². The molecule has 3 nitrogen and oxygen atoms in total. The summed E-state index contributed by atoms with van der Waals surface area (Å²) in [4.78, 5) is 4.85. The van der Waals surface area contributed by atoms with Crippen LogP contribution in [0.5, 0.6) is 0 Å². The van der Waals surface area contributed by atoms with E-state index in [1.165, 1.54) is 54.6 Å². The third-order valence-electron chi connectivity index (χ3n) is 12.0. The Labute approximate surface area is 356 Å². The van der Waals surface area contributed by atoms with Crippen LogP contribution in [0.2, 0.25) is 0 Å². The van der Waals surface area contributed by atoms with Gasteiger partial charge in [-0.1, -0.05) is 152 Å². The molecule has 10 aromatic carbocycles. The van der Waals surface area contributed by atoms with Gasteiger partial charge >= 0.3 is 0 Å². The highest BCUT2D eigenvalue weighted by molar-refractivity contribution is 6.32. The Morgan fingerprint density at radius 2 is 0.689 bits per heavy atom. The lowest BCUT2D eigenvalue weighted by Crippen LogP contribution is -2.11. The second-order valence-corrected chi connectivity index (χ2v) is 15.9. The van der Waals surface area contributed by atoms with Gasteiger partial charge in [-0.15, -0.1) is 0 Å². The van der Waals surface area contributed by atoms with Crippen molar-refractivity contribution < 1.29 is 0 Å². The summed E-state index contributed by atoms with van der Waals surface area (Å²) in [6.45, 7) is 4.34. The maximum Gasteiger partial charge on any atom is 0.0568 e. The van der Waals surface area contributed by atoms with Gasteiger partial charge in [0.15, 0.2) is 0 Å². The number of hydrogen-bond donors (Lipinski definition) is 0. The zero-order chi connectivity index (χ0) is 40.9. The van der Waals surface area contributed by atoms with Crippen LogP contribution in [0, 0.1) is 13.8 Å². The summed E-state index contributed by atoms with van der Waals surface area (Å²) in [7, 11) is 0. The van der Waals surface area contributed by atoms with Gasteiger partial charge in [0, 0.05) is 50.0 Å². The van der Waals surface area contributed by atoms with E-state index < -0.39 is 0 Å². The fraction of sp³-hybridized carbons (Fsp3) is 0.0345. The molecule has 0 spiro atoms. The molecular weight excluding hydrogens is 739 g/mol. The van der Waals surface area contributed by atoms with Crippen molar-refractivity contribution in [2.45, 2.75) is 13.8 Å². The lowest BCUT2D eigenvalue weighted by molar-refractivity contribution is 1.18. The highest BCUT2D eigenvalue weighted by Gasteiger charge is 2.26. The number of fused-ring (bicyclic) bond motifs is 7. The molecule has 1 aromatic heterocycles. The summed E-state index contributed by atoms with van der Waals surface area (Å²) in [5, 5.41) is 7.29. The van der Waals surface area contributed by atoms with Gasteiger partial charge in [-0.25, -0.2) is 0 Å². The lowest BCUT2D eigenvalue weighted by Gasteiger charge is -2.27. The maximum absolute atomic E-state index is 2.50. The fourth-order valence-corrected chi connectivity index (χ4v) is 9.32. The molecule has 0 fully saturated rings. The Kier molecular flexibility index (Phi) is 8.94. The highest BCUT2D eigenvalue weighted by atomic mass is 15.2. The third-order valence-corrected chi connectivity index (χ3v) is 12.0. The monoisotopic (exact) mass is 781 g/mol. The van der Waals surface area contributed by atoms with Gasteiger partial charge in [-0.3, -0.25) is 0 Å². The highest BCUT2D eigenvalue weighted by Crippen LogP contribution is 2.50. The molecule has 0 aliphatic heterocycles. The molecule has 0 radical (unpaired) electrons. The van der Waals surface area contributed by atoms with Gasteiger partial charge in [-0.2, -0.15) is 0 Å². The van der Waals surface area contributed by atoms with Crippen molar-refractivity contribution in [2.75, 3.05) is 9.80 Å². The Morgan fingerprint density at radius 3 is 1.13 bits per heavy atom. The Bertz CT molecular complexity index is 3180. The Hall–Kier alpha value is -7.88. The number of aryl methyl sites for hydroxylation is 2. The summed E-state index contributed by atoms with van der Waals surface area (Å²) >= 11 is 0. The third kappa shape index (κ3) is 6.30. The predicted octanol–water partition coefficient (Wildman–Crippen LogP) is 16.3. The van der Waals surface area contributed by atoms with E-state index in [4.69, 9.17) is 0 Å². The molecule has 1 heterocycles. The van der Waals surface area contributed by atoms with E-state index >= 15 is 0 Å². The van der Waals surface area contributed by atoms with E-state index in [1.54, 1.807) is 0 Å². The normalized spacial score (nSPS) is 11.4. The number of rotatable bonds is 8. The van der Waals surface area contributed by atoms with Crippen molar-refractivity contribution in [3.63, 3.8) is 0 Å². The van der Waals surface area contributed by atoms with Crippen LogP contribution in [0.1, 0.15) is 11.1 Å². The molecular formula is C58H43N3. The zero-order valence-corrected chi connectivity index (χ0v) is 34.2. The van der Waals surface area contributed by atoms with E-state index in [9.17, 15) is 0 Å². The summed E-state index contributed by atoms with van der Waals surface area (Å²) in [5.41, 5.74) is 14.9. The van der Waals surface area contributed by atoms with E-state index in [2.05, 4.69) is 253 Å². The molecule has 0 saturated heterocycles. The number of benzene rings is 10. The second-order valence-electron chi connectivity index (χ2n) is 15.9. The molecule has 11 rings (SSSR count). The zero-order valence-electron chi connectivity index (χ0n) is 34.2. The first kappa shape index (κ1) is 36.2. The number of aromatic nitrogens is 1. The molecule has 0 bridgehead atoms. The Balaban J connectivity index is 1.30. The minimum Gasteiger partial charge on any atom is -0.310 e. The smallest absolute Gasteiger partial charge is 0.0568 e. The molecule has 0 N–H and O–H groups in total. The van der Waals surface area contributed by atoms with Crippen LogP contribution in [0.4, 0.5) is 34.1 Å². The van der Waals surface area contributed by atoms with E-state index in [1.807, 2.05) is 0 Å². The van der Waals surface area contributed by atoms with Crippen LogP contribution in [-0.4, -0.2) is 4.57 Å². The number of nitrogens with zero attached hydrogens (tertiary/aromatic N) is 3. The first-order valence-corrected chi connectivity index (χ1v) is 21.0. The van der Waals surface area contributed by atoms with Crippen molar-refractivity contribution in [1.29, 1.82) is 0 Å². The molecule has 0 amide bonds. The molecule has 3 heteroatoms. The van der Waals surface area contributed by atoms with Gasteiger partial charge in [0.25, 0.3) is 0 Å². The summed E-state index contributed by atoms with van der Waals surface area (Å²) in [6, 6.07) is 81.8. The van der Waals surface area contributed by atoms with Crippen molar-refractivity contribution in [1.82, 2.24) is 4.57 Å².